The van der Waals surface area contributed by atoms with E-state index in [-0.39, 0.29) is 6.03 Å². The molecule has 0 aromatic rings. The molecule has 144 valence electrons. The van der Waals surface area contributed by atoms with Crippen LogP contribution in [0.25, 0.3) is 0 Å². The van der Waals surface area contributed by atoms with E-state index < -0.39 is 0 Å². The maximum absolute atomic E-state index is 12.0. The molecule has 0 aromatic heterocycles. The van der Waals surface area contributed by atoms with E-state index in [9.17, 15) is 4.79 Å². The summed E-state index contributed by atoms with van der Waals surface area (Å²) in [5.41, 5.74) is 0. The number of piperidine rings is 1. The van der Waals surface area contributed by atoms with Crippen molar-refractivity contribution in [1.29, 1.82) is 0 Å². The number of amides is 2. The van der Waals surface area contributed by atoms with Gasteiger partial charge in [0.25, 0.3) is 0 Å². The van der Waals surface area contributed by atoms with Gasteiger partial charge >= 0.3 is 6.03 Å². The average molecular weight is 352 g/mol. The number of likely N-dealkylation sites (tertiary alicyclic amines) is 1. The molecule has 2 aliphatic heterocycles. The summed E-state index contributed by atoms with van der Waals surface area (Å²) in [6.45, 7) is 12.5. The molecule has 3 rings (SSSR count). The number of carbonyl (C=O) groups is 1. The van der Waals surface area contributed by atoms with Gasteiger partial charge in [-0.2, -0.15) is 0 Å². The van der Waals surface area contributed by atoms with Crippen LogP contribution in [0.15, 0.2) is 0 Å². The van der Waals surface area contributed by atoms with E-state index in [4.69, 9.17) is 0 Å². The molecule has 1 aliphatic carbocycles. The van der Waals surface area contributed by atoms with Crippen molar-refractivity contribution in [2.24, 2.45) is 0 Å². The standard InChI is InChI=1S/C19H37N5O/c1-2-22-13-15-23(16-14-22)10-4-3-9-20-19(25)21-17-7-11-24(12-8-17)18-5-6-18/h17-18H,2-16H2,1H3,(H2,20,21,25). The third kappa shape index (κ3) is 6.42. The van der Waals surface area contributed by atoms with Crippen LogP contribution in [0.5, 0.6) is 0 Å². The maximum atomic E-state index is 12.0. The summed E-state index contributed by atoms with van der Waals surface area (Å²) in [6, 6.07) is 1.26. The van der Waals surface area contributed by atoms with Crippen molar-refractivity contribution in [3.8, 4) is 0 Å². The Balaban J connectivity index is 1.17. The summed E-state index contributed by atoms with van der Waals surface area (Å²) in [4.78, 5) is 19.7. The van der Waals surface area contributed by atoms with Crippen LogP contribution in [0.4, 0.5) is 4.79 Å². The van der Waals surface area contributed by atoms with Crippen LogP contribution in [0.1, 0.15) is 45.4 Å². The first-order valence-electron chi connectivity index (χ1n) is 10.5. The summed E-state index contributed by atoms with van der Waals surface area (Å²) in [5, 5.41) is 6.20. The van der Waals surface area contributed by atoms with Gasteiger partial charge in [-0.3, -0.25) is 0 Å². The van der Waals surface area contributed by atoms with Crippen molar-refractivity contribution in [3.05, 3.63) is 0 Å². The number of urea groups is 1. The second-order valence-electron chi connectivity index (χ2n) is 7.92. The lowest BCUT2D eigenvalue weighted by molar-refractivity contribution is 0.135. The van der Waals surface area contributed by atoms with E-state index in [0.29, 0.717) is 6.04 Å². The summed E-state index contributed by atoms with van der Waals surface area (Å²) in [6.07, 6.45) is 7.22. The van der Waals surface area contributed by atoms with Crippen LogP contribution in [0.3, 0.4) is 0 Å². The van der Waals surface area contributed by atoms with Gasteiger partial charge in [0.2, 0.25) is 0 Å². The predicted octanol–water partition coefficient (Wildman–Crippen LogP) is 1.33. The zero-order valence-electron chi connectivity index (χ0n) is 16.0. The van der Waals surface area contributed by atoms with Crippen LogP contribution in [-0.4, -0.2) is 91.7 Å². The molecule has 2 N–H and O–H groups in total. The Kier molecular flexibility index (Phi) is 7.37. The Hall–Kier alpha value is -0.850. The minimum atomic E-state index is 0.0291. The van der Waals surface area contributed by atoms with Crippen LogP contribution in [0.2, 0.25) is 0 Å². The van der Waals surface area contributed by atoms with Crippen LogP contribution in [-0.2, 0) is 0 Å². The Morgan fingerprint density at radius 2 is 1.60 bits per heavy atom. The minimum Gasteiger partial charge on any atom is -0.338 e. The third-order valence-electron chi connectivity index (χ3n) is 6.03. The Morgan fingerprint density at radius 3 is 2.24 bits per heavy atom. The molecule has 2 saturated heterocycles. The minimum absolute atomic E-state index is 0.0291. The van der Waals surface area contributed by atoms with Crippen molar-refractivity contribution >= 4 is 6.03 Å². The molecule has 2 amide bonds. The van der Waals surface area contributed by atoms with E-state index in [1.165, 1.54) is 58.5 Å². The van der Waals surface area contributed by atoms with Gasteiger partial charge < -0.3 is 25.3 Å². The molecule has 2 heterocycles. The molecule has 6 nitrogen and oxygen atoms in total. The van der Waals surface area contributed by atoms with Gasteiger partial charge in [-0.1, -0.05) is 6.92 Å². The highest BCUT2D eigenvalue weighted by atomic mass is 16.2. The van der Waals surface area contributed by atoms with Crippen molar-refractivity contribution in [2.45, 2.75) is 57.5 Å². The van der Waals surface area contributed by atoms with Crippen molar-refractivity contribution in [2.75, 3.05) is 58.9 Å². The molecular formula is C19H37N5O. The SMILES string of the molecule is CCN1CCN(CCCCNC(=O)NC2CCN(C3CC3)CC2)CC1. The Morgan fingerprint density at radius 1 is 0.920 bits per heavy atom. The number of carbonyl (C=O) groups excluding carboxylic acids is 1. The number of nitrogens with one attached hydrogen (secondary N) is 2. The average Bonchev–Trinajstić information content (AvgIpc) is 3.48. The first-order valence-corrected chi connectivity index (χ1v) is 10.5. The molecule has 0 spiro atoms. The van der Waals surface area contributed by atoms with E-state index in [1.54, 1.807) is 0 Å². The fourth-order valence-corrected chi connectivity index (χ4v) is 4.08. The quantitative estimate of drug-likeness (QED) is 0.648. The molecule has 3 aliphatic rings. The highest BCUT2D eigenvalue weighted by Crippen LogP contribution is 2.29. The monoisotopic (exact) mass is 351 g/mol. The molecule has 0 radical (unpaired) electrons. The molecule has 0 bridgehead atoms. The van der Waals surface area contributed by atoms with Crippen LogP contribution < -0.4 is 10.6 Å². The summed E-state index contributed by atoms with van der Waals surface area (Å²) < 4.78 is 0. The lowest BCUT2D eigenvalue weighted by Gasteiger charge is -2.34. The van der Waals surface area contributed by atoms with E-state index >= 15 is 0 Å². The highest BCUT2D eigenvalue weighted by molar-refractivity contribution is 5.74. The molecule has 25 heavy (non-hydrogen) atoms. The summed E-state index contributed by atoms with van der Waals surface area (Å²) >= 11 is 0. The molecule has 0 unspecified atom stereocenters. The first-order chi connectivity index (χ1) is 12.2. The molecule has 0 atom stereocenters. The van der Waals surface area contributed by atoms with Gasteiger partial charge in [0, 0.05) is 57.9 Å². The molecule has 0 aromatic carbocycles. The number of hydrogen-bond donors (Lipinski definition) is 2. The second-order valence-corrected chi connectivity index (χ2v) is 7.92. The Bertz CT molecular complexity index is 399. The van der Waals surface area contributed by atoms with Gasteiger partial charge in [0.05, 0.1) is 0 Å². The topological polar surface area (TPSA) is 50.9 Å². The number of hydrogen-bond acceptors (Lipinski definition) is 4. The number of rotatable bonds is 8. The Labute approximate surface area is 153 Å². The van der Waals surface area contributed by atoms with Crippen molar-refractivity contribution in [3.63, 3.8) is 0 Å². The number of likely N-dealkylation sites (N-methyl/N-ethyl adjacent to an activating group) is 1. The van der Waals surface area contributed by atoms with Crippen molar-refractivity contribution in [1.82, 2.24) is 25.3 Å². The zero-order chi connectivity index (χ0) is 17.5. The number of nitrogens with zero attached hydrogens (tertiary/aromatic N) is 3. The normalized spacial score (nSPS) is 24.4. The smallest absolute Gasteiger partial charge is 0.315 e. The zero-order valence-corrected chi connectivity index (χ0v) is 16.0. The van der Waals surface area contributed by atoms with Crippen LogP contribution in [0, 0.1) is 0 Å². The highest BCUT2D eigenvalue weighted by Gasteiger charge is 2.32. The first kappa shape index (κ1) is 18.9. The molecule has 3 fully saturated rings. The van der Waals surface area contributed by atoms with Crippen LogP contribution >= 0.6 is 0 Å². The fourth-order valence-electron chi connectivity index (χ4n) is 4.08. The van der Waals surface area contributed by atoms with E-state index in [1.807, 2.05) is 0 Å². The number of unbranched alkanes of at least 4 members (excludes halogenated alkanes) is 1. The molecular weight excluding hydrogens is 314 g/mol. The number of piperazine rings is 1. The van der Waals surface area contributed by atoms with Gasteiger partial charge in [-0.15, -0.1) is 0 Å². The summed E-state index contributed by atoms with van der Waals surface area (Å²) in [7, 11) is 0. The second kappa shape index (κ2) is 9.74. The van der Waals surface area contributed by atoms with Gasteiger partial charge in [0.1, 0.15) is 0 Å². The van der Waals surface area contributed by atoms with Gasteiger partial charge in [-0.05, 0) is 51.6 Å². The fraction of sp³-hybridized carbons (Fsp3) is 0.947. The lowest BCUT2D eigenvalue weighted by atomic mass is 10.1. The molecule has 6 heteroatoms. The lowest BCUT2D eigenvalue weighted by Crippen LogP contribution is -2.48. The van der Waals surface area contributed by atoms with E-state index in [0.717, 1.165) is 44.9 Å². The van der Waals surface area contributed by atoms with Gasteiger partial charge in [0.15, 0.2) is 0 Å². The molecule has 1 saturated carbocycles. The van der Waals surface area contributed by atoms with Gasteiger partial charge in [-0.25, -0.2) is 4.79 Å². The summed E-state index contributed by atoms with van der Waals surface area (Å²) in [5.74, 6) is 0. The maximum Gasteiger partial charge on any atom is 0.315 e. The third-order valence-corrected chi connectivity index (χ3v) is 6.03. The van der Waals surface area contributed by atoms with E-state index in [2.05, 4.69) is 32.3 Å². The van der Waals surface area contributed by atoms with Crippen molar-refractivity contribution < 1.29 is 4.79 Å². The predicted molar refractivity (Wildman–Crippen MR) is 102 cm³/mol. The largest absolute Gasteiger partial charge is 0.338 e.